The molecule has 2 nitrogen and oxygen atoms in total. The van der Waals surface area contributed by atoms with Crippen molar-refractivity contribution in [2.75, 3.05) is 0 Å². The quantitative estimate of drug-likeness (QED) is 0.650. The minimum absolute atomic E-state index is 0.103. The number of nitrogens with one attached hydrogen (secondary N) is 1. The molecule has 0 aromatic heterocycles. The van der Waals surface area contributed by atoms with E-state index in [0.29, 0.717) is 5.56 Å². The summed E-state index contributed by atoms with van der Waals surface area (Å²) in [5.41, 5.74) is 0.401. The number of rotatable bonds is 0. The SMILES string of the molecule is N=C1Cc2cc(F)c(F)cc2C1=O. The molecular formula is C9H5F2NO. The van der Waals surface area contributed by atoms with Crippen LogP contribution >= 0.6 is 0 Å². The second-order valence-electron chi connectivity index (χ2n) is 2.91. The molecule has 0 atom stereocenters. The van der Waals surface area contributed by atoms with Gasteiger partial charge >= 0.3 is 0 Å². The van der Waals surface area contributed by atoms with E-state index < -0.39 is 17.4 Å². The van der Waals surface area contributed by atoms with Crippen molar-refractivity contribution in [3.05, 3.63) is 34.9 Å². The van der Waals surface area contributed by atoms with Gasteiger partial charge < -0.3 is 5.41 Å². The monoisotopic (exact) mass is 181 g/mol. The number of hydrogen-bond acceptors (Lipinski definition) is 2. The maximum absolute atomic E-state index is 12.7. The van der Waals surface area contributed by atoms with Gasteiger partial charge in [-0.15, -0.1) is 0 Å². The Balaban J connectivity index is 2.66. The lowest BCUT2D eigenvalue weighted by atomic mass is 10.1. The fourth-order valence-electron chi connectivity index (χ4n) is 1.38. The summed E-state index contributed by atoms with van der Waals surface area (Å²) in [7, 11) is 0. The average Bonchev–Trinajstić information content (AvgIpc) is 2.32. The molecule has 1 N–H and O–H groups in total. The highest BCUT2D eigenvalue weighted by Gasteiger charge is 2.26. The van der Waals surface area contributed by atoms with Crippen LogP contribution in [0.4, 0.5) is 8.78 Å². The fraction of sp³-hybridized carbons (Fsp3) is 0.111. The molecule has 66 valence electrons. The van der Waals surface area contributed by atoms with Crippen LogP contribution in [0.2, 0.25) is 0 Å². The van der Waals surface area contributed by atoms with Gasteiger partial charge in [-0.1, -0.05) is 0 Å². The lowest BCUT2D eigenvalue weighted by molar-refractivity contribution is 0.106. The zero-order valence-corrected chi connectivity index (χ0v) is 6.53. The Kier molecular flexibility index (Phi) is 1.52. The molecule has 0 radical (unpaired) electrons. The van der Waals surface area contributed by atoms with Crippen LogP contribution in [-0.2, 0) is 6.42 Å². The smallest absolute Gasteiger partial charge is 0.207 e. The van der Waals surface area contributed by atoms with E-state index in [1.807, 2.05) is 0 Å². The first kappa shape index (κ1) is 8.04. The summed E-state index contributed by atoms with van der Waals surface area (Å²) in [5, 5.41) is 7.19. The van der Waals surface area contributed by atoms with Gasteiger partial charge in [0.15, 0.2) is 11.6 Å². The topological polar surface area (TPSA) is 40.9 Å². The molecule has 0 heterocycles. The molecule has 4 heteroatoms. The maximum Gasteiger partial charge on any atom is 0.207 e. The van der Waals surface area contributed by atoms with E-state index in [2.05, 4.69) is 0 Å². The van der Waals surface area contributed by atoms with Gasteiger partial charge in [-0.3, -0.25) is 4.79 Å². The summed E-state index contributed by atoms with van der Waals surface area (Å²) < 4.78 is 25.3. The second kappa shape index (κ2) is 2.45. The summed E-state index contributed by atoms with van der Waals surface area (Å²) in [6, 6.07) is 1.83. The van der Waals surface area contributed by atoms with E-state index in [-0.39, 0.29) is 17.7 Å². The highest BCUT2D eigenvalue weighted by molar-refractivity contribution is 6.48. The van der Waals surface area contributed by atoms with Crippen LogP contribution in [0.5, 0.6) is 0 Å². The van der Waals surface area contributed by atoms with E-state index in [1.165, 1.54) is 0 Å². The highest BCUT2D eigenvalue weighted by Crippen LogP contribution is 2.22. The largest absolute Gasteiger partial charge is 0.301 e. The van der Waals surface area contributed by atoms with Gasteiger partial charge in [0.2, 0.25) is 5.78 Å². The maximum atomic E-state index is 12.7. The molecular weight excluding hydrogens is 176 g/mol. The van der Waals surface area contributed by atoms with E-state index >= 15 is 0 Å². The first-order chi connectivity index (χ1) is 6.09. The van der Waals surface area contributed by atoms with Crippen LogP contribution in [0.3, 0.4) is 0 Å². The molecule has 0 saturated heterocycles. The van der Waals surface area contributed by atoms with Crippen LogP contribution in [0.1, 0.15) is 15.9 Å². The van der Waals surface area contributed by atoms with Gasteiger partial charge in [0.1, 0.15) is 0 Å². The van der Waals surface area contributed by atoms with Crippen molar-refractivity contribution in [3.8, 4) is 0 Å². The first-order valence-electron chi connectivity index (χ1n) is 3.69. The molecule has 0 amide bonds. The number of halogens is 2. The van der Waals surface area contributed by atoms with Crippen LogP contribution in [-0.4, -0.2) is 11.5 Å². The number of ketones is 1. The third kappa shape index (κ3) is 1.06. The molecule has 0 aliphatic heterocycles. The van der Waals surface area contributed by atoms with Gasteiger partial charge in [-0.25, -0.2) is 8.78 Å². The number of benzene rings is 1. The number of Topliss-reactive ketones (excluding diaryl/α,β-unsaturated/α-hetero) is 1. The average molecular weight is 181 g/mol. The van der Waals surface area contributed by atoms with Crippen molar-refractivity contribution in [1.82, 2.24) is 0 Å². The van der Waals surface area contributed by atoms with Gasteiger partial charge in [-0.05, 0) is 17.7 Å². The van der Waals surface area contributed by atoms with E-state index in [1.54, 1.807) is 0 Å². The second-order valence-corrected chi connectivity index (χ2v) is 2.91. The first-order valence-corrected chi connectivity index (χ1v) is 3.69. The Labute approximate surface area is 72.7 Å². The van der Waals surface area contributed by atoms with E-state index in [4.69, 9.17) is 5.41 Å². The third-order valence-corrected chi connectivity index (χ3v) is 2.03. The van der Waals surface area contributed by atoms with Crippen molar-refractivity contribution >= 4 is 11.5 Å². The summed E-state index contributed by atoms with van der Waals surface area (Å²) in [6.45, 7) is 0. The van der Waals surface area contributed by atoms with Crippen LogP contribution in [0, 0.1) is 17.0 Å². The Bertz CT molecular complexity index is 426. The molecule has 0 spiro atoms. The Morgan fingerprint density at radius 2 is 1.85 bits per heavy atom. The predicted molar refractivity (Wildman–Crippen MR) is 42.1 cm³/mol. The Morgan fingerprint density at radius 1 is 1.23 bits per heavy atom. The highest BCUT2D eigenvalue weighted by atomic mass is 19.2. The lowest BCUT2D eigenvalue weighted by Crippen LogP contribution is -2.04. The summed E-state index contributed by atoms with van der Waals surface area (Å²) in [6.07, 6.45) is 0.103. The van der Waals surface area contributed by atoms with Crippen molar-refractivity contribution in [2.24, 2.45) is 0 Å². The number of fused-ring (bicyclic) bond motifs is 1. The third-order valence-electron chi connectivity index (χ3n) is 2.03. The van der Waals surface area contributed by atoms with Crippen LogP contribution < -0.4 is 0 Å². The molecule has 1 aliphatic carbocycles. The Hall–Kier alpha value is -1.58. The molecule has 1 aliphatic rings. The molecule has 0 unspecified atom stereocenters. The zero-order valence-electron chi connectivity index (χ0n) is 6.53. The lowest BCUT2D eigenvalue weighted by Gasteiger charge is -1.97. The van der Waals surface area contributed by atoms with E-state index in [9.17, 15) is 13.6 Å². The van der Waals surface area contributed by atoms with Crippen molar-refractivity contribution in [2.45, 2.75) is 6.42 Å². The van der Waals surface area contributed by atoms with Crippen molar-refractivity contribution < 1.29 is 13.6 Å². The normalized spacial score (nSPS) is 14.9. The molecule has 1 aromatic carbocycles. The standard InChI is InChI=1S/C9H5F2NO/c10-6-1-4-2-8(12)9(13)5(4)3-7(6)11/h1,3,12H,2H2. The molecule has 2 rings (SSSR count). The molecule has 0 bridgehead atoms. The minimum atomic E-state index is -1.04. The van der Waals surface area contributed by atoms with Crippen LogP contribution in [0.25, 0.3) is 0 Å². The fourth-order valence-corrected chi connectivity index (χ4v) is 1.38. The molecule has 0 fully saturated rings. The van der Waals surface area contributed by atoms with E-state index in [0.717, 1.165) is 12.1 Å². The Morgan fingerprint density at radius 3 is 2.54 bits per heavy atom. The number of carbonyl (C=O) groups excluding carboxylic acids is 1. The molecule has 0 saturated carbocycles. The van der Waals surface area contributed by atoms with Crippen molar-refractivity contribution in [1.29, 1.82) is 5.41 Å². The number of carbonyl (C=O) groups is 1. The summed E-state index contributed by atoms with van der Waals surface area (Å²) in [5.74, 6) is -2.52. The summed E-state index contributed by atoms with van der Waals surface area (Å²) in [4.78, 5) is 11.1. The van der Waals surface area contributed by atoms with Gasteiger partial charge in [0, 0.05) is 12.0 Å². The van der Waals surface area contributed by atoms with Gasteiger partial charge in [0.05, 0.1) is 5.71 Å². The molecule has 1 aromatic rings. The van der Waals surface area contributed by atoms with Crippen molar-refractivity contribution in [3.63, 3.8) is 0 Å². The number of hydrogen-bond donors (Lipinski definition) is 1. The van der Waals surface area contributed by atoms with Crippen LogP contribution in [0.15, 0.2) is 12.1 Å². The van der Waals surface area contributed by atoms with Gasteiger partial charge in [0.25, 0.3) is 0 Å². The summed E-state index contributed by atoms with van der Waals surface area (Å²) >= 11 is 0. The predicted octanol–water partition coefficient (Wildman–Crippen LogP) is 1.72. The zero-order chi connectivity index (χ0) is 9.59. The minimum Gasteiger partial charge on any atom is -0.301 e. The van der Waals surface area contributed by atoms with Gasteiger partial charge in [-0.2, -0.15) is 0 Å². The molecule has 13 heavy (non-hydrogen) atoms.